The number of para-hydroxylation sites is 1. The van der Waals surface area contributed by atoms with E-state index in [2.05, 4.69) is 10.1 Å². The van der Waals surface area contributed by atoms with Crippen LogP contribution in [0.3, 0.4) is 0 Å². The lowest BCUT2D eigenvalue weighted by atomic mass is 10.2. The number of alkyl halides is 3. The summed E-state index contributed by atoms with van der Waals surface area (Å²) in [6.45, 7) is -0.547. The van der Waals surface area contributed by atoms with Gasteiger partial charge in [0.1, 0.15) is 12.2 Å². The highest BCUT2D eigenvalue weighted by atomic mass is 35.5. The number of hydrogen-bond donors (Lipinski definition) is 1. The van der Waals surface area contributed by atoms with Gasteiger partial charge in [-0.05, 0) is 17.7 Å². The molecule has 0 radical (unpaired) electrons. The number of furan rings is 1. The third-order valence-electron chi connectivity index (χ3n) is 2.64. The number of halogens is 4. The molecule has 0 saturated carbocycles. The second kappa shape index (κ2) is 6.47. The number of fused-ring (bicyclic) bond motifs is 1. The molecule has 0 amide bonds. The van der Waals surface area contributed by atoms with Crippen molar-refractivity contribution in [3.05, 3.63) is 35.0 Å². The van der Waals surface area contributed by atoms with E-state index in [0.29, 0.717) is 18.7 Å². The second-order valence-corrected chi connectivity index (χ2v) is 4.54. The lowest BCUT2D eigenvalue weighted by molar-refractivity contribution is -0.173. The number of ether oxygens (including phenoxy) is 1. The molecule has 20 heavy (non-hydrogen) atoms. The Labute approximate surface area is 118 Å². The van der Waals surface area contributed by atoms with Gasteiger partial charge in [0, 0.05) is 24.0 Å². The summed E-state index contributed by atoms with van der Waals surface area (Å²) in [5.74, 6) is 0. The van der Waals surface area contributed by atoms with Gasteiger partial charge < -0.3 is 14.5 Å². The van der Waals surface area contributed by atoms with Crippen LogP contribution in [0.5, 0.6) is 0 Å². The van der Waals surface area contributed by atoms with E-state index >= 15 is 0 Å². The van der Waals surface area contributed by atoms with Gasteiger partial charge in [-0.15, -0.1) is 0 Å². The molecular weight excluding hydrogens is 295 g/mol. The molecule has 0 aliphatic rings. The zero-order chi connectivity index (χ0) is 14.6. The average Bonchev–Trinajstić information content (AvgIpc) is 2.68. The molecule has 0 bridgehead atoms. The van der Waals surface area contributed by atoms with Crippen LogP contribution >= 0.6 is 11.6 Å². The topological polar surface area (TPSA) is 34.4 Å². The van der Waals surface area contributed by atoms with Crippen molar-refractivity contribution in [2.45, 2.75) is 12.7 Å². The van der Waals surface area contributed by atoms with Crippen LogP contribution in [0.2, 0.25) is 5.22 Å². The van der Waals surface area contributed by atoms with Crippen molar-refractivity contribution in [3.63, 3.8) is 0 Å². The highest BCUT2D eigenvalue weighted by molar-refractivity contribution is 6.30. The van der Waals surface area contributed by atoms with Crippen molar-refractivity contribution in [2.24, 2.45) is 0 Å². The zero-order valence-electron chi connectivity index (χ0n) is 10.5. The maximum atomic E-state index is 11.8. The molecule has 2 rings (SSSR count). The fourth-order valence-electron chi connectivity index (χ4n) is 1.78. The molecule has 7 heteroatoms. The van der Waals surface area contributed by atoms with Gasteiger partial charge in [-0.3, -0.25) is 0 Å². The summed E-state index contributed by atoms with van der Waals surface area (Å²) in [7, 11) is 0. The van der Waals surface area contributed by atoms with E-state index < -0.39 is 12.8 Å². The number of nitrogens with one attached hydrogen (secondary N) is 1. The molecule has 1 aromatic carbocycles. The van der Waals surface area contributed by atoms with Crippen molar-refractivity contribution in [2.75, 3.05) is 19.8 Å². The minimum atomic E-state index is -4.29. The SMILES string of the molecule is FC(F)(F)COCCNCc1c(Cl)oc2ccccc12. The van der Waals surface area contributed by atoms with Gasteiger partial charge in [0.05, 0.1) is 6.61 Å². The van der Waals surface area contributed by atoms with Crippen LogP contribution in [0.4, 0.5) is 13.2 Å². The summed E-state index contributed by atoms with van der Waals surface area (Å²) in [5.41, 5.74) is 1.47. The first-order chi connectivity index (χ1) is 9.47. The Hall–Kier alpha value is -1.24. The predicted molar refractivity (Wildman–Crippen MR) is 69.8 cm³/mol. The Balaban J connectivity index is 1.80. The molecular formula is C13H13ClF3NO2. The molecule has 3 nitrogen and oxygen atoms in total. The first-order valence-corrected chi connectivity index (χ1v) is 6.36. The lowest BCUT2D eigenvalue weighted by Crippen LogP contribution is -2.23. The molecule has 0 saturated heterocycles. The van der Waals surface area contributed by atoms with Gasteiger partial charge in [0.25, 0.3) is 0 Å². The van der Waals surface area contributed by atoms with Crippen LogP contribution in [-0.2, 0) is 11.3 Å². The molecule has 0 unspecified atom stereocenters. The van der Waals surface area contributed by atoms with Crippen LogP contribution in [0.25, 0.3) is 11.0 Å². The van der Waals surface area contributed by atoms with Crippen molar-refractivity contribution in [3.8, 4) is 0 Å². The fraction of sp³-hybridized carbons (Fsp3) is 0.385. The summed E-state index contributed by atoms with van der Waals surface area (Å²) in [4.78, 5) is 0. The zero-order valence-corrected chi connectivity index (χ0v) is 11.2. The van der Waals surface area contributed by atoms with Crippen LogP contribution in [0.15, 0.2) is 28.7 Å². The molecule has 0 fully saturated rings. The van der Waals surface area contributed by atoms with E-state index in [1.165, 1.54) is 0 Å². The third-order valence-corrected chi connectivity index (χ3v) is 2.94. The van der Waals surface area contributed by atoms with Crippen molar-refractivity contribution >= 4 is 22.6 Å². The molecule has 2 aromatic rings. The van der Waals surface area contributed by atoms with Gasteiger partial charge >= 0.3 is 6.18 Å². The molecule has 1 aromatic heterocycles. The average molecular weight is 308 g/mol. The summed E-state index contributed by atoms with van der Waals surface area (Å²) in [6.07, 6.45) is -4.29. The molecule has 0 aliphatic heterocycles. The Morgan fingerprint density at radius 3 is 2.75 bits per heavy atom. The standard InChI is InChI=1S/C13H13ClF3NO2/c14-12-10(9-3-1-2-4-11(9)20-12)7-18-5-6-19-8-13(15,16)17/h1-4,18H,5-8H2. The van der Waals surface area contributed by atoms with Gasteiger partial charge in [0.15, 0.2) is 5.22 Å². The normalized spacial score (nSPS) is 12.2. The maximum Gasteiger partial charge on any atom is 0.411 e. The van der Waals surface area contributed by atoms with Crippen LogP contribution in [0, 0.1) is 0 Å². The second-order valence-electron chi connectivity index (χ2n) is 4.20. The van der Waals surface area contributed by atoms with E-state index in [1.54, 1.807) is 6.07 Å². The number of hydrogen-bond acceptors (Lipinski definition) is 3. The smallest absolute Gasteiger partial charge is 0.411 e. The Kier molecular flexibility index (Phi) is 4.91. The van der Waals surface area contributed by atoms with Crippen molar-refractivity contribution in [1.29, 1.82) is 0 Å². The Bertz CT molecular complexity index is 568. The first-order valence-electron chi connectivity index (χ1n) is 5.98. The molecule has 0 atom stereocenters. The highest BCUT2D eigenvalue weighted by Crippen LogP contribution is 2.29. The van der Waals surface area contributed by atoms with Gasteiger partial charge in [-0.25, -0.2) is 0 Å². The lowest BCUT2D eigenvalue weighted by Gasteiger charge is -2.08. The first kappa shape index (κ1) is 15.2. The molecule has 1 N–H and O–H groups in total. The van der Waals surface area contributed by atoms with Crippen LogP contribution in [-0.4, -0.2) is 25.9 Å². The largest absolute Gasteiger partial charge is 0.444 e. The van der Waals surface area contributed by atoms with Crippen LogP contribution in [0.1, 0.15) is 5.56 Å². The number of benzene rings is 1. The van der Waals surface area contributed by atoms with Crippen molar-refractivity contribution in [1.82, 2.24) is 5.32 Å². The molecule has 0 spiro atoms. The fourth-order valence-corrected chi connectivity index (χ4v) is 2.03. The highest BCUT2D eigenvalue weighted by Gasteiger charge is 2.27. The third kappa shape index (κ3) is 4.13. The minimum absolute atomic E-state index is 0.0209. The van der Waals surface area contributed by atoms with E-state index in [4.69, 9.17) is 16.0 Å². The summed E-state index contributed by atoms with van der Waals surface area (Å²) in [5, 5.41) is 4.15. The molecule has 0 aliphatic carbocycles. The Morgan fingerprint density at radius 1 is 1.25 bits per heavy atom. The van der Waals surface area contributed by atoms with E-state index in [1.807, 2.05) is 18.2 Å². The minimum Gasteiger partial charge on any atom is -0.444 e. The van der Waals surface area contributed by atoms with E-state index in [9.17, 15) is 13.2 Å². The molecule has 110 valence electrons. The monoisotopic (exact) mass is 307 g/mol. The summed E-state index contributed by atoms with van der Waals surface area (Å²) < 4.78 is 45.4. The quantitative estimate of drug-likeness (QED) is 0.825. The van der Waals surface area contributed by atoms with Gasteiger partial charge in [-0.1, -0.05) is 18.2 Å². The van der Waals surface area contributed by atoms with E-state index in [-0.39, 0.29) is 11.8 Å². The maximum absolute atomic E-state index is 11.8. The Morgan fingerprint density at radius 2 is 2.00 bits per heavy atom. The van der Waals surface area contributed by atoms with Crippen LogP contribution < -0.4 is 5.32 Å². The summed E-state index contributed by atoms with van der Waals surface area (Å²) in [6, 6.07) is 7.38. The van der Waals surface area contributed by atoms with Gasteiger partial charge in [0.2, 0.25) is 0 Å². The van der Waals surface area contributed by atoms with Crippen molar-refractivity contribution < 1.29 is 22.3 Å². The van der Waals surface area contributed by atoms with E-state index in [0.717, 1.165) is 10.9 Å². The van der Waals surface area contributed by atoms with Gasteiger partial charge in [-0.2, -0.15) is 13.2 Å². The predicted octanol–water partition coefficient (Wildman–Crippen LogP) is 3.75. The molecule has 1 heterocycles. The number of rotatable bonds is 6. The summed E-state index contributed by atoms with van der Waals surface area (Å²) >= 11 is 5.98.